The van der Waals surface area contributed by atoms with E-state index < -0.39 is 0 Å². The number of furan rings is 1. The van der Waals surface area contributed by atoms with Crippen LogP contribution in [0, 0.1) is 11.8 Å². The Morgan fingerprint density at radius 1 is 0.778 bits per heavy atom. The first-order valence-electron chi connectivity index (χ1n) is 19.7. The second-order valence-electron chi connectivity index (χ2n) is 15.7. The fourth-order valence-electron chi connectivity index (χ4n) is 10.7. The van der Waals surface area contributed by atoms with E-state index >= 15 is 0 Å². The van der Waals surface area contributed by atoms with Crippen molar-refractivity contribution in [3.63, 3.8) is 0 Å². The highest BCUT2D eigenvalue weighted by Gasteiger charge is 2.49. The van der Waals surface area contributed by atoms with Crippen molar-refractivity contribution in [2.45, 2.75) is 56.0 Å². The Balaban J connectivity index is 0.921. The van der Waals surface area contributed by atoms with Gasteiger partial charge in [-0.25, -0.2) is 0 Å². The normalized spacial score (nSPS) is 29.8. The highest BCUT2D eigenvalue weighted by atomic mass is 16.5. The maximum Gasteiger partial charge on any atom is 0.155 e. The van der Waals surface area contributed by atoms with Crippen LogP contribution < -0.4 is 20.9 Å². The van der Waals surface area contributed by atoms with Gasteiger partial charge in [0.2, 0.25) is 0 Å². The Hall–Kier alpha value is -5.78. The summed E-state index contributed by atoms with van der Waals surface area (Å²) in [6.45, 7) is 0. The van der Waals surface area contributed by atoms with E-state index in [1.807, 2.05) is 0 Å². The molecule has 2 saturated heterocycles. The summed E-state index contributed by atoms with van der Waals surface area (Å²) in [4.78, 5) is 5.11. The molecule has 12 rings (SSSR count). The number of para-hydroxylation sites is 2. The molecule has 7 atom stereocenters. The molecule has 0 radical (unpaired) electrons. The molecular weight excluding hydrogens is 663 g/mol. The van der Waals surface area contributed by atoms with E-state index in [2.05, 4.69) is 167 Å². The van der Waals surface area contributed by atoms with Crippen LogP contribution in [0.3, 0.4) is 0 Å². The third-order valence-electron chi connectivity index (χ3n) is 13.0. The number of rotatable bonds is 4. The van der Waals surface area contributed by atoms with Gasteiger partial charge in [-0.05, 0) is 78.3 Å². The smallest absolute Gasteiger partial charge is 0.155 e. The number of anilines is 1. The quantitative estimate of drug-likeness (QED) is 0.230. The van der Waals surface area contributed by atoms with Crippen molar-refractivity contribution in [1.82, 2.24) is 10.2 Å². The molecule has 1 N–H and O–H groups in total. The molecule has 8 aliphatic rings. The summed E-state index contributed by atoms with van der Waals surface area (Å²) in [5, 5.41) is 6.32. The van der Waals surface area contributed by atoms with Crippen molar-refractivity contribution in [3.05, 3.63) is 196 Å². The molecule has 0 spiro atoms. The molecular formula is C49H41N3O2. The first-order valence-corrected chi connectivity index (χ1v) is 19.7. The Morgan fingerprint density at radius 2 is 1.65 bits per heavy atom. The molecule has 0 bridgehead atoms. The molecule has 264 valence electrons. The lowest BCUT2D eigenvalue weighted by atomic mass is 9.73. The summed E-state index contributed by atoms with van der Waals surface area (Å²) in [5.41, 5.74) is 12.5. The first kappa shape index (κ1) is 30.7. The van der Waals surface area contributed by atoms with Crippen molar-refractivity contribution in [3.8, 4) is 0 Å². The monoisotopic (exact) mass is 703 g/mol. The van der Waals surface area contributed by atoms with Crippen LogP contribution in [0.4, 0.5) is 5.69 Å². The molecule has 54 heavy (non-hydrogen) atoms. The highest BCUT2D eigenvalue weighted by Crippen LogP contribution is 2.55. The van der Waals surface area contributed by atoms with Crippen molar-refractivity contribution in [2.75, 3.05) is 4.90 Å². The summed E-state index contributed by atoms with van der Waals surface area (Å²) >= 11 is 0. The molecule has 5 heteroatoms. The lowest BCUT2D eigenvalue weighted by Gasteiger charge is -2.36. The van der Waals surface area contributed by atoms with E-state index in [0.29, 0.717) is 12.1 Å². The number of allylic oxidation sites excluding steroid dienone is 11. The van der Waals surface area contributed by atoms with Crippen molar-refractivity contribution in [2.24, 2.45) is 11.8 Å². The van der Waals surface area contributed by atoms with Crippen LogP contribution in [-0.2, 0) is 4.74 Å². The van der Waals surface area contributed by atoms with Crippen LogP contribution in [0.25, 0.3) is 22.7 Å². The third-order valence-corrected chi connectivity index (χ3v) is 13.0. The Morgan fingerprint density at radius 3 is 2.57 bits per heavy atom. The summed E-state index contributed by atoms with van der Waals surface area (Å²) in [5.74, 6) is 1.89. The van der Waals surface area contributed by atoms with Crippen LogP contribution in [0.2, 0.25) is 0 Å². The molecule has 0 saturated carbocycles. The van der Waals surface area contributed by atoms with E-state index in [-0.39, 0.29) is 30.0 Å². The van der Waals surface area contributed by atoms with Gasteiger partial charge in [-0.2, -0.15) is 0 Å². The summed E-state index contributed by atoms with van der Waals surface area (Å²) in [6.07, 6.45) is 31.9. The summed E-state index contributed by atoms with van der Waals surface area (Å²) in [7, 11) is 0. The predicted molar refractivity (Wildman–Crippen MR) is 215 cm³/mol. The van der Waals surface area contributed by atoms with E-state index in [0.717, 1.165) is 48.1 Å². The zero-order valence-corrected chi connectivity index (χ0v) is 30.0. The van der Waals surface area contributed by atoms with Crippen LogP contribution in [0.5, 0.6) is 0 Å². The van der Waals surface area contributed by atoms with Crippen LogP contribution >= 0.6 is 0 Å². The number of nitrogens with one attached hydrogen (secondary N) is 1. The van der Waals surface area contributed by atoms with Gasteiger partial charge in [0.1, 0.15) is 23.6 Å². The van der Waals surface area contributed by atoms with E-state index in [1.165, 1.54) is 50.0 Å². The van der Waals surface area contributed by atoms with Gasteiger partial charge in [0.05, 0.1) is 29.2 Å². The second kappa shape index (κ2) is 11.9. The number of hydrogen-bond acceptors (Lipinski definition) is 5. The average molecular weight is 704 g/mol. The average Bonchev–Trinajstić information content (AvgIpc) is 4.00. The first-order chi connectivity index (χ1) is 26.8. The lowest BCUT2D eigenvalue weighted by molar-refractivity contribution is 0.180. The Labute approximate surface area is 315 Å². The minimum atomic E-state index is 0.0106. The third kappa shape index (κ3) is 4.42. The number of ether oxygens (including phenoxy) is 1. The molecule has 5 nitrogen and oxygen atoms in total. The van der Waals surface area contributed by atoms with E-state index in [4.69, 9.17) is 9.15 Å². The SMILES string of the molecule is C1=CC2NC(c3ccccc3)N(C3=CC=C(C4=CC=CC5OC6=C(N7C8=c9oc%10ccccc%10c9=CCC8c8ccccc87)C=CCC6C45)CC3)C2C=C1. The van der Waals surface area contributed by atoms with Crippen LogP contribution in [0.15, 0.2) is 178 Å². The number of nitrogens with zero attached hydrogens (tertiary/aromatic N) is 2. The Kier molecular flexibility index (Phi) is 6.73. The molecule has 7 unspecified atom stereocenters. The lowest BCUT2D eigenvalue weighted by Crippen LogP contribution is -2.35. The largest absolute Gasteiger partial charge is 0.488 e. The van der Waals surface area contributed by atoms with Crippen LogP contribution in [0.1, 0.15) is 48.9 Å². The highest BCUT2D eigenvalue weighted by molar-refractivity contribution is 5.91. The molecule has 2 fully saturated rings. The molecule has 4 heterocycles. The minimum absolute atomic E-state index is 0.0106. The standard InChI is InChI=1S/C49H41N3O2/c1-2-12-31(13-3-1)49-50-39-18-6-8-20-41(39)51(49)32-26-24-30(25-27-32)33-16-11-23-44-45(33)38-17-10-21-42(47(38)54-44)52-40-19-7-4-14-34(40)36-28-29-37-35-15-5-9-22-43(35)53-48(37)46(36)52/h1-16,18-24,26,29,36,38-39,41,44-45,49-50H,17,25,27-28H2. The fraction of sp³-hybridized carbons (Fsp3) is 0.224. The van der Waals surface area contributed by atoms with Crippen LogP contribution in [-0.4, -0.2) is 23.1 Å². The van der Waals surface area contributed by atoms with Gasteiger partial charge in [0.15, 0.2) is 5.42 Å². The van der Waals surface area contributed by atoms with E-state index in [9.17, 15) is 0 Å². The summed E-state index contributed by atoms with van der Waals surface area (Å²) < 4.78 is 13.8. The second-order valence-corrected chi connectivity index (χ2v) is 15.7. The topological polar surface area (TPSA) is 40.9 Å². The van der Waals surface area contributed by atoms with Crippen molar-refractivity contribution < 1.29 is 9.15 Å². The minimum Gasteiger partial charge on any atom is -0.488 e. The zero-order valence-electron chi connectivity index (χ0n) is 30.0. The van der Waals surface area contributed by atoms with Gasteiger partial charge in [-0.1, -0.05) is 121 Å². The fourth-order valence-corrected chi connectivity index (χ4v) is 10.7. The molecule has 3 aromatic carbocycles. The van der Waals surface area contributed by atoms with Gasteiger partial charge in [0.25, 0.3) is 0 Å². The molecule has 0 amide bonds. The van der Waals surface area contributed by atoms with Gasteiger partial charge >= 0.3 is 0 Å². The molecule has 5 aliphatic carbocycles. The van der Waals surface area contributed by atoms with Crippen molar-refractivity contribution in [1.29, 1.82) is 0 Å². The van der Waals surface area contributed by atoms with Crippen molar-refractivity contribution >= 4 is 28.4 Å². The molecule has 4 aromatic rings. The Bertz CT molecular complexity index is 2630. The van der Waals surface area contributed by atoms with Gasteiger partial charge in [-0.15, -0.1) is 0 Å². The number of fused-ring (bicyclic) bond motifs is 10. The van der Waals surface area contributed by atoms with Gasteiger partial charge in [0, 0.05) is 34.1 Å². The van der Waals surface area contributed by atoms with E-state index in [1.54, 1.807) is 0 Å². The zero-order chi connectivity index (χ0) is 35.3. The number of hydrogen-bond donors (Lipinski definition) is 1. The molecule has 1 aromatic heterocycles. The number of benzene rings is 3. The van der Waals surface area contributed by atoms with Gasteiger partial charge < -0.3 is 19.0 Å². The maximum atomic E-state index is 7.12. The molecule has 3 aliphatic heterocycles. The summed E-state index contributed by atoms with van der Waals surface area (Å²) in [6, 6.07) is 28.9. The maximum absolute atomic E-state index is 7.12. The predicted octanol–water partition coefficient (Wildman–Crippen LogP) is 8.70. The van der Waals surface area contributed by atoms with Gasteiger partial charge in [-0.3, -0.25) is 5.32 Å².